The van der Waals surface area contributed by atoms with Crippen molar-refractivity contribution in [2.75, 3.05) is 6.61 Å². The highest BCUT2D eigenvalue weighted by Crippen LogP contribution is 2.25. The Morgan fingerprint density at radius 1 is 1.15 bits per heavy atom. The first-order valence-electron chi connectivity index (χ1n) is 11.6. The molecule has 0 aliphatic carbocycles. The summed E-state index contributed by atoms with van der Waals surface area (Å²) in [5, 5.41) is 32.9. The highest BCUT2D eigenvalue weighted by Gasteiger charge is 2.44. The second kappa shape index (κ2) is 15.1. The summed E-state index contributed by atoms with van der Waals surface area (Å²) in [6.07, 6.45) is 3.74. The summed E-state index contributed by atoms with van der Waals surface area (Å²) in [6.45, 7) is 2.81. The minimum atomic E-state index is -1.73. The van der Waals surface area contributed by atoms with Crippen LogP contribution < -0.4 is 16.8 Å². The maximum atomic E-state index is 12.0. The van der Waals surface area contributed by atoms with E-state index < -0.39 is 60.6 Å². The summed E-state index contributed by atoms with van der Waals surface area (Å²) in [6, 6.07) is -2.18. The fraction of sp³-hybridized carbons (Fsp3) is 0.727. The van der Waals surface area contributed by atoms with E-state index in [2.05, 4.69) is 17.2 Å². The first-order chi connectivity index (χ1) is 16.1. The third-order valence-corrected chi connectivity index (χ3v) is 5.32. The van der Waals surface area contributed by atoms with Crippen molar-refractivity contribution in [2.45, 2.75) is 95.6 Å². The number of amides is 1. The molecule has 0 spiro atoms. The lowest BCUT2D eigenvalue weighted by Crippen LogP contribution is -2.60. The molecule has 0 bridgehead atoms. The summed E-state index contributed by atoms with van der Waals surface area (Å²) < 4.78 is 10.4. The van der Waals surface area contributed by atoms with Gasteiger partial charge in [0.15, 0.2) is 5.96 Å². The van der Waals surface area contributed by atoms with Crippen LogP contribution in [0.15, 0.2) is 16.8 Å². The number of nitrogens with one attached hydrogen (secondary N) is 1. The summed E-state index contributed by atoms with van der Waals surface area (Å²) in [5.74, 6) is -3.44. The van der Waals surface area contributed by atoms with Crippen LogP contribution in [0.4, 0.5) is 0 Å². The Hall–Kier alpha value is -2.86. The minimum absolute atomic E-state index is 0.184. The van der Waals surface area contributed by atoms with Crippen LogP contribution in [-0.4, -0.2) is 76.1 Å². The van der Waals surface area contributed by atoms with Gasteiger partial charge in [-0.25, -0.2) is 9.79 Å². The number of nitrogens with zero attached hydrogens (tertiary/aromatic N) is 1. The van der Waals surface area contributed by atoms with E-state index in [4.69, 9.17) is 20.9 Å². The van der Waals surface area contributed by atoms with Crippen LogP contribution in [0.3, 0.4) is 0 Å². The number of unbranched alkanes of at least 4 members (excludes halogenated alkanes) is 6. The number of rotatable bonds is 15. The zero-order valence-electron chi connectivity index (χ0n) is 19.8. The lowest BCUT2D eigenvalue weighted by molar-refractivity contribution is -0.156. The Balaban J connectivity index is 2.72. The zero-order valence-corrected chi connectivity index (χ0v) is 19.8. The van der Waals surface area contributed by atoms with E-state index >= 15 is 0 Å². The first-order valence-corrected chi connectivity index (χ1v) is 11.6. The second-order valence-electron chi connectivity index (χ2n) is 8.30. The number of aliphatic hydroxyl groups is 2. The Morgan fingerprint density at radius 2 is 1.76 bits per heavy atom. The van der Waals surface area contributed by atoms with Gasteiger partial charge in [-0.3, -0.25) is 9.59 Å². The number of hydrogen-bond acceptors (Lipinski definition) is 8. The molecule has 1 heterocycles. The SMILES string of the molecule is CCCCCCCCCC(=O)OCC(O)C(O)[C@@H]1OC(C(=O)O)=CC(N=C(N)N)C1NC(C)=O. The van der Waals surface area contributed by atoms with E-state index in [0.29, 0.717) is 6.42 Å². The molecule has 1 amide bonds. The molecular weight excluding hydrogens is 448 g/mol. The molecule has 1 aliphatic heterocycles. The molecule has 5 atom stereocenters. The standard InChI is InChI=1S/C22H38N4O8/c1-3-4-5-6-7-8-9-10-17(29)33-12-15(28)19(30)20-18(25-13(2)27)14(26-22(23)24)11-16(34-20)21(31)32/h11,14-15,18-20,28,30H,3-10,12H2,1-2H3,(H,25,27)(H,31,32)(H4,23,24,26)/t14?,15?,18?,19?,20-/m1/s1. The van der Waals surface area contributed by atoms with Gasteiger partial charge in [0.1, 0.15) is 24.9 Å². The average molecular weight is 487 g/mol. The predicted octanol–water partition coefficient (Wildman–Crippen LogP) is -0.0939. The molecule has 12 heteroatoms. The number of aliphatic hydroxyl groups excluding tert-OH is 2. The molecule has 194 valence electrons. The Morgan fingerprint density at radius 3 is 2.32 bits per heavy atom. The van der Waals surface area contributed by atoms with Gasteiger partial charge in [0.2, 0.25) is 11.7 Å². The van der Waals surface area contributed by atoms with Crippen molar-refractivity contribution in [3.8, 4) is 0 Å². The van der Waals surface area contributed by atoms with Crippen molar-refractivity contribution in [3.63, 3.8) is 0 Å². The Kier molecular flexibility index (Phi) is 13.0. The fourth-order valence-corrected chi connectivity index (χ4v) is 3.60. The second-order valence-corrected chi connectivity index (χ2v) is 8.30. The van der Waals surface area contributed by atoms with E-state index in [-0.39, 0.29) is 12.4 Å². The number of esters is 1. The number of carbonyl (C=O) groups excluding carboxylic acids is 2. The summed E-state index contributed by atoms with van der Waals surface area (Å²) >= 11 is 0. The van der Waals surface area contributed by atoms with Crippen molar-refractivity contribution in [1.29, 1.82) is 0 Å². The maximum Gasteiger partial charge on any atom is 0.370 e. The van der Waals surface area contributed by atoms with Crippen LogP contribution in [0.1, 0.15) is 65.2 Å². The van der Waals surface area contributed by atoms with Crippen LogP contribution in [0, 0.1) is 0 Å². The zero-order chi connectivity index (χ0) is 25.7. The molecule has 1 aliphatic rings. The topological polar surface area (TPSA) is 207 Å². The molecule has 4 unspecified atom stereocenters. The molecule has 0 fully saturated rings. The van der Waals surface area contributed by atoms with Gasteiger partial charge < -0.3 is 41.6 Å². The van der Waals surface area contributed by atoms with Crippen molar-refractivity contribution in [2.24, 2.45) is 16.5 Å². The highest BCUT2D eigenvalue weighted by atomic mass is 16.6. The van der Waals surface area contributed by atoms with Gasteiger partial charge in [-0.15, -0.1) is 0 Å². The molecule has 0 radical (unpaired) electrons. The quantitative estimate of drug-likeness (QED) is 0.0784. The van der Waals surface area contributed by atoms with Gasteiger partial charge in [0.25, 0.3) is 0 Å². The fourth-order valence-electron chi connectivity index (χ4n) is 3.60. The molecule has 0 aromatic rings. The molecule has 0 saturated heterocycles. The number of carboxylic acids is 1. The van der Waals surface area contributed by atoms with Crippen LogP contribution in [0.25, 0.3) is 0 Å². The Bertz CT molecular complexity index is 738. The van der Waals surface area contributed by atoms with E-state index in [1.54, 1.807) is 0 Å². The van der Waals surface area contributed by atoms with Crippen molar-refractivity contribution >= 4 is 23.8 Å². The molecule has 0 aromatic heterocycles. The van der Waals surface area contributed by atoms with Gasteiger partial charge in [-0.05, 0) is 12.5 Å². The molecular formula is C22H38N4O8. The van der Waals surface area contributed by atoms with E-state index in [9.17, 15) is 29.7 Å². The average Bonchev–Trinajstić information content (AvgIpc) is 2.76. The molecule has 1 rings (SSSR count). The number of nitrogens with two attached hydrogens (primary N) is 2. The number of carboxylic acid groups (broad SMARTS) is 1. The highest BCUT2D eigenvalue weighted by molar-refractivity contribution is 5.85. The number of ether oxygens (including phenoxy) is 2. The van der Waals surface area contributed by atoms with E-state index in [1.807, 2.05) is 0 Å². The van der Waals surface area contributed by atoms with Gasteiger partial charge in [0, 0.05) is 13.3 Å². The number of aliphatic imine (C=N–C) groups is 1. The van der Waals surface area contributed by atoms with Crippen molar-refractivity contribution < 1.29 is 39.2 Å². The van der Waals surface area contributed by atoms with Crippen LogP contribution in [0.5, 0.6) is 0 Å². The normalized spacial score (nSPS) is 21.4. The summed E-state index contributed by atoms with van der Waals surface area (Å²) in [5.41, 5.74) is 10.8. The molecule has 0 aromatic carbocycles. The third-order valence-electron chi connectivity index (χ3n) is 5.32. The first kappa shape index (κ1) is 29.2. The number of hydrogen-bond donors (Lipinski definition) is 6. The maximum absolute atomic E-state index is 12.0. The van der Waals surface area contributed by atoms with E-state index in [0.717, 1.165) is 25.3 Å². The smallest absolute Gasteiger partial charge is 0.370 e. The monoisotopic (exact) mass is 486 g/mol. The van der Waals surface area contributed by atoms with Crippen LogP contribution in [0.2, 0.25) is 0 Å². The predicted molar refractivity (Wildman–Crippen MR) is 123 cm³/mol. The molecule has 8 N–H and O–H groups in total. The van der Waals surface area contributed by atoms with E-state index in [1.165, 1.54) is 26.2 Å². The molecule has 34 heavy (non-hydrogen) atoms. The van der Waals surface area contributed by atoms with Crippen molar-refractivity contribution in [1.82, 2.24) is 5.32 Å². The number of carbonyl (C=O) groups is 3. The van der Waals surface area contributed by atoms with Gasteiger partial charge >= 0.3 is 11.9 Å². The van der Waals surface area contributed by atoms with Crippen molar-refractivity contribution in [3.05, 3.63) is 11.8 Å². The number of guanidine groups is 1. The molecule has 12 nitrogen and oxygen atoms in total. The van der Waals surface area contributed by atoms with Gasteiger partial charge in [0.05, 0.1) is 12.1 Å². The largest absolute Gasteiger partial charge is 0.478 e. The van der Waals surface area contributed by atoms with Crippen LogP contribution >= 0.6 is 0 Å². The minimum Gasteiger partial charge on any atom is -0.478 e. The van der Waals surface area contributed by atoms with Gasteiger partial charge in [-0.1, -0.05) is 45.4 Å². The summed E-state index contributed by atoms with van der Waals surface area (Å²) in [4.78, 5) is 39.0. The summed E-state index contributed by atoms with van der Waals surface area (Å²) in [7, 11) is 0. The number of aliphatic carboxylic acids is 1. The third kappa shape index (κ3) is 10.4. The molecule has 0 saturated carbocycles. The lowest BCUT2D eigenvalue weighted by atomic mass is 9.92. The Labute approximate surface area is 199 Å². The van der Waals surface area contributed by atoms with Crippen LogP contribution in [-0.2, 0) is 23.9 Å². The lowest BCUT2D eigenvalue weighted by Gasteiger charge is -2.38. The van der Waals surface area contributed by atoms with Gasteiger partial charge in [-0.2, -0.15) is 0 Å².